The number of rotatable bonds is 5. The molecule has 0 fully saturated rings. The molecule has 29 heavy (non-hydrogen) atoms. The molecule has 3 heteroatoms. The summed E-state index contributed by atoms with van der Waals surface area (Å²) in [6.45, 7) is 0.812. The minimum absolute atomic E-state index is 0.812. The molecule has 0 aliphatic carbocycles. The molecule has 5 aromatic rings. The summed E-state index contributed by atoms with van der Waals surface area (Å²) >= 11 is 1.87. The number of anilines is 3. The van der Waals surface area contributed by atoms with E-state index in [0.717, 1.165) is 12.2 Å². The summed E-state index contributed by atoms with van der Waals surface area (Å²) in [4.78, 5) is 2.43. The van der Waals surface area contributed by atoms with Gasteiger partial charge in [0, 0.05) is 29.1 Å². The van der Waals surface area contributed by atoms with Gasteiger partial charge in [-0.2, -0.15) is 0 Å². The van der Waals surface area contributed by atoms with Crippen molar-refractivity contribution in [2.75, 3.05) is 17.3 Å². The lowest BCUT2D eigenvalue weighted by molar-refractivity contribution is 0.982. The van der Waals surface area contributed by atoms with E-state index in [1.807, 2.05) is 18.4 Å². The zero-order chi connectivity index (χ0) is 19.6. The van der Waals surface area contributed by atoms with Crippen molar-refractivity contribution < 1.29 is 0 Å². The van der Waals surface area contributed by atoms with Gasteiger partial charge < -0.3 is 10.2 Å². The molecule has 0 saturated heterocycles. The molecule has 0 bridgehead atoms. The van der Waals surface area contributed by atoms with E-state index in [2.05, 4.69) is 107 Å². The Morgan fingerprint density at radius 1 is 0.690 bits per heavy atom. The minimum Gasteiger partial charge on any atom is -0.386 e. The third kappa shape index (κ3) is 3.24. The molecule has 0 spiro atoms. The van der Waals surface area contributed by atoms with Crippen molar-refractivity contribution in [3.8, 4) is 0 Å². The summed E-state index contributed by atoms with van der Waals surface area (Å²) in [6.07, 6.45) is 0. The number of para-hydroxylation sites is 2. The van der Waals surface area contributed by atoms with Crippen LogP contribution in [-0.2, 0) is 6.54 Å². The average molecular weight is 395 g/mol. The van der Waals surface area contributed by atoms with Gasteiger partial charge in [-0.25, -0.2) is 0 Å². The summed E-state index contributed by atoms with van der Waals surface area (Å²) < 4.78 is 2.66. The topological polar surface area (TPSA) is 15.3 Å². The van der Waals surface area contributed by atoms with Gasteiger partial charge in [-0.05, 0) is 29.8 Å². The Labute approximate surface area is 175 Å². The van der Waals surface area contributed by atoms with Gasteiger partial charge in [0.25, 0.3) is 0 Å². The number of fused-ring (bicyclic) bond motifs is 3. The summed E-state index contributed by atoms with van der Waals surface area (Å²) in [6, 6.07) is 34.5. The van der Waals surface area contributed by atoms with Crippen LogP contribution in [0.3, 0.4) is 0 Å². The van der Waals surface area contributed by atoms with Gasteiger partial charge in [-0.3, -0.25) is 0 Å². The first-order chi connectivity index (χ1) is 14.3. The average Bonchev–Trinajstić information content (AvgIpc) is 3.17. The van der Waals surface area contributed by atoms with E-state index < -0.39 is 0 Å². The summed E-state index contributed by atoms with van der Waals surface area (Å²) in [5.74, 6) is 0. The third-order valence-electron chi connectivity index (χ3n) is 5.32. The van der Waals surface area contributed by atoms with Gasteiger partial charge in [-0.1, -0.05) is 72.8 Å². The van der Waals surface area contributed by atoms with Crippen LogP contribution in [0.4, 0.5) is 17.1 Å². The second kappa shape index (κ2) is 7.61. The van der Waals surface area contributed by atoms with Crippen molar-refractivity contribution >= 4 is 48.6 Å². The van der Waals surface area contributed by atoms with Crippen LogP contribution < -0.4 is 10.2 Å². The number of thiophene rings is 1. The summed E-state index contributed by atoms with van der Waals surface area (Å²) in [5, 5.41) is 6.02. The van der Waals surface area contributed by atoms with Gasteiger partial charge >= 0.3 is 0 Å². The SMILES string of the molecule is CNc1ccccc1N(Cc1ccccc1)c1cccc2c1sc1ccccc12. The standard InChI is InChI=1S/C26H22N2S/c1-27-22-14-6-7-15-23(22)28(18-19-10-3-2-4-11-19)24-16-9-13-21-20-12-5-8-17-25(20)29-26(21)24/h2-17,27H,18H2,1H3. The number of nitrogens with one attached hydrogen (secondary N) is 1. The fourth-order valence-corrected chi connectivity index (χ4v) is 5.16. The first kappa shape index (κ1) is 17.8. The van der Waals surface area contributed by atoms with E-state index in [-0.39, 0.29) is 0 Å². The van der Waals surface area contributed by atoms with Crippen molar-refractivity contribution in [1.29, 1.82) is 0 Å². The molecule has 5 rings (SSSR count). The Bertz CT molecular complexity index is 1270. The highest BCUT2D eigenvalue weighted by Gasteiger charge is 2.18. The molecule has 1 N–H and O–H groups in total. The quantitative estimate of drug-likeness (QED) is 0.333. The molecule has 142 valence electrons. The van der Waals surface area contributed by atoms with Crippen molar-refractivity contribution in [2.24, 2.45) is 0 Å². The van der Waals surface area contributed by atoms with Gasteiger partial charge in [0.1, 0.15) is 0 Å². The van der Waals surface area contributed by atoms with Crippen LogP contribution in [0.1, 0.15) is 5.56 Å². The maximum atomic E-state index is 3.37. The maximum absolute atomic E-state index is 3.37. The molecule has 1 aromatic heterocycles. The van der Waals surface area contributed by atoms with Gasteiger partial charge in [0.2, 0.25) is 0 Å². The van der Waals surface area contributed by atoms with Gasteiger partial charge in [0.15, 0.2) is 0 Å². The third-order valence-corrected chi connectivity index (χ3v) is 6.53. The van der Waals surface area contributed by atoms with Crippen LogP contribution in [-0.4, -0.2) is 7.05 Å². The molecule has 0 amide bonds. The normalized spacial score (nSPS) is 11.1. The Kier molecular flexibility index (Phi) is 4.66. The van der Waals surface area contributed by atoms with E-state index in [9.17, 15) is 0 Å². The molecule has 0 saturated carbocycles. The zero-order valence-electron chi connectivity index (χ0n) is 16.3. The molecule has 0 unspecified atom stereocenters. The Hall–Kier alpha value is -3.30. The summed E-state index contributed by atoms with van der Waals surface area (Å²) in [5.41, 5.74) is 4.84. The largest absolute Gasteiger partial charge is 0.386 e. The smallest absolute Gasteiger partial charge is 0.0649 e. The van der Waals surface area contributed by atoms with Crippen molar-refractivity contribution in [1.82, 2.24) is 0 Å². The molecule has 4 aromatic carbocycles. The van der Waals surface area contributed by atoms with Crippen LogP contribution in [0.5, 0.6) is 0 Å². The number of benzene rings is 4. The predicted octanol–water partition coefficient (Wildman–Crippen LogP) is 7.43. The van der Waals surface area contributed by atoms with Gasteiger partial charge in [-0.15, -0.1) is 11.3 Å². The number of hydrogen-bond donors (Lipinski definition) is 1. The summed E-state index contributed by atoms with van der Waals surface area (Å²) in [7, 11) is 1.99. The Morgan fingerprint density at radius 2 is 1.38 bits per heavy atom. The van der Waals surface area contributed by atoms with E-state index in [1.54, 1.807) is 0 Å². The van der Waals surface area contributed by atoms with E-state index in [1.165, 1.54) is 37.1 Å². The first-order valence-electron chi connectivity index (χ1n) is 9.83. The maximum Gasteiger partial charge on any atom is 0.0649 e. The molecule has 0 aliphatic rings. The lowest BCUT2D eigenvalue weighted by Gasteiger charge is -2.28. The second-order valence-electron chi connectivity index (χ2n) is 7.09. The second-order valence-corrected chi connectivity index (χ2v) is 8.14. The van der Waals surface area contributed by atoms with E-state index in [4.69, 9.17) is 0 Å². The fourth-order valence-electron chi connectivity index (χ4n) is 3.93. The molecule has 1 heterocycles. The molecule has 0 atom stereocenters. The van der Waals surface area contributed by atoms with Crippen LogP contribution in [0.25, 0.3) is 20.2 Å². The van der Waals surface area contributed by atoms with Crippen LogP contribution in [0.15, 0.2) is 97.1 Å². The molecular weight excluding hydrogens is 372 g/mol. The highest BCUT2D eigenvalue weighted by molar-refractivity contribution is 7.26. The minimum atomic E-state index is 0.812. The molecule has 2 nitrogen and oxygen atoms in total. The molecular formula is C26H22N2S. The lowest BCUT2D eigenvalue weighted by Crippen LogP contribution is -2.17. The van der Waals surface area contributed by atoms with Crippen molar-refractivity contribution in [3.63, 3.8) is 0 Å². The monoisotopic (exact) mass is 394 g/mol. The zero-order valence-corrected chi connectivity index (χ0v) is 17.1. The van der Waals surface area contributed by atoms with Crippen LogP contribution in [0.2, 0.25) is 0 Å². The fraction of sp³-hybridized carbons (Fsp3) is 0.0769. The highest BCUT2D eigenvalue weighted by atomic mass is 32.1. The molecule has 0 radical (unpaired) electrons. The lowest BCUT2D eigenvalue weighted by atomic mass is 10.1. The van der Waals surface area contributed by atoms with E-state index >= 15 is 0 Å². The Balaban J connectivity index is 1.74. The molecule has 0 aliphatic heterocycles. The van der Waals surface area contributed by atoms with E-state index in [0.29, 0.717) is 0 Å². The van der Waals surface area contributed by atoms with Crippen LogP contribution >= 0.6 is 11.3 Å². The predicted molar refractivity (Wildman–Crippen MR) is 128 cm³/mol. The first-order valence-corrected chi connectivity index (χ1v) is 10.7. The van der Waals surface area contributed by atoms with Crippen LogP contribution in [0, 0.1) is 0 Å². The Morgan fingerprint density at radius 3 is 2.24 bits per heavy atom. The van der Waals surface area contributed by atoms with Crippen molar-refractivity contribution in [3.05, 3.63) is 103 Å². The number of hydrogen-bond acceptors (Lipinski definition) is 3. The van der Waals surface area contributed by atoms with Gasteiger partial charge in [0.05, 0.1) is 21.8 Å². The number of nitrogens with zero attached hydrogens (tertiary/aromatic N) is 1. The highest BCUT2D eigenvalue weighted by Crippen LogP contribution is 2.43. The van der Waals surface area contributed by atoms with Crippen molar-refractivity contribution in [2.45, 2.75) is 6.54 Å².